The number of nitrogens with one attached hydrogen (secondary N) is 1. The number of hydrogen-bond acceptors (Lipinski definition) is 1. The Kier molecular flexibility index (Phi) is 2.38. The van der Waals surface area contributed by atoms with Crippen LogP contribution in [0.5, 0.6) is 0 Å². The largest absolute Gasteiger partial charge is 0.386 e. The second-order valence-corrected chi connectivity index (χ2v) is 2.12. The van der Waals surface area contributed by atoms with Crippen LogP contribution in [0.25, 0.3) is 0 Å². The van der Waals surface area contributed by atoms with Gasteiger partial charge in [-0.05, 0) is 13.0 Å². The number of benzene rings is 1. The van der Waals surface area contributed by atoms with Crippen LogP contribution in [0.15, 0.2) is 24.3 Å². The van der Waals surface area contributed by atoms with Gasteiger partial charge < -0.3 is 5.32 Å². The van der Waals surface area contributed by atoms with Gasteiger partial charge in [-0.3, -0.25) is 0 Å². The summed E-state index contributed by atoms with van der Waals surface area (Å²) in [6.45, 7) is 2.96. The van der Waals surface area contributed by atoms with Crippen LogP contribution in [0.4, 0.5) is 5.69 Å². The zero-order chi connectivity index (χ0) is 7.40. The highest BCUT2D eigenvalue weighted by atomic mass is 14.8. The van der Waals surface area contributed by atoms with E-state index in [1.54, 1.807) is 0 Å². The summed E-state index contributed by atoms with van der Waals surface area (Å²) in [7, 11) is 5.64. The lowest BCUT2D eigenvalue weighted by Gasteiger charge is -2.05. The van der Waals surface area contributed by atoms with Crippen molar-refractivity contribution in [1.82, 2.24) is 0 Å². The Labute approximate surface area is 62.9 Å². The number of hydrogen-bond donors (Lipinski definition) is 1. The Bertz CT molecular complexity index is 210. The van der Waals surface area contributed by atoms with Gasteiger partial charge in [0.1, 0.15) is 7.85 Å². The molecule has 1 N–H and O–H groups in total. The molecule has 0 aliphatic heterocycles. The molecule has 50 valence electrons. The van der Waals surface area contributed by atoms with Crippen LogP contribution in [-0.2, 0) is 0 Å². The van der Waals surface area contributed by atoms with Crippen LogP contribution in [0.3, 0.4) is 0 Å². The molecule has 0 aromatic heterocycles. The van der Waals surface area contributed by atoms with E-state index >= 15 is 0 Å². The smallest absolute Gasteiger partial charge is 0.116 e. The van der Waals surface area contributed by atoms with E-state index in [1.165, 1.54) is 0 Å². The van der Waals surface area contributed by atoms with Gasteiger partial charge in [0.05, 0.1) is 0 Å². The maximum Gasteiger partial charge on any atom is 0.116 e. The topological polar surface area (TPSA) is 12.0 Å². The second-order valence-electron chi connectivity index (χ2n) is 2.12. The summed E-state index contributed by atoms with van der Waals surface area (Å²) in [4.78, 5) is 0. The highest BCUT2D eigenvalue weighted by Crippen LogP contribution is 1.99. The average molecular weight is 131 g/mol. The lowest BCUT2D eigenvalue weighted by molar-refractivity contribution is 1.22. The third-order valence-electron chi connectivity index (χ3n) is 1.33. The summed E-state index contributed by atoms with van der Waals surface area (Å²) in [6.07, 6.45) is 0. The molecule has 1 nitrogen and oxygen atoms in total. The molecule has 0 amide bonds. The Morgan fingerprint density at radius 1 is 1.40 bits per heavy atom. The summed E-state index contributed by atoms with van der Waals surface area (Å²) in [5.41, 5.74) is 1.83. The van der Waals surface area contributed by atoms with Crippen LogP contribution < -0.4 is 10.8 Å². The van der Waals surface area contributed by atoms with Gasteiger partial charge in [-0.2, -0.15) is 0 Å². The minimum Gasteiger partial charge on any atom is -0.386 e. The van der Waals surface area contributed by atoms with Crippen molar-refractivity contribution in [3.05, 3.63) is 24.3 Å². The van der Waals surface area contributed by atoms with Crippen molar-refractivity contribution >= 4 is 19.0 Å². The third kappa shape index (κ3) is 1.53. The fourth-order valence-electron chi connectivity index (χ4n) is 0.848. The molecule has 0 heterocycles. The van der Waals surface area contributed by atoms with Crippen molar-refractivity contribution in [3.8, 4) is 0 Å². The highest BCUT2D eigenvalue weighted by Gasteiger charge is 1.90. The molecule has 0 saturated carbocycles. The highest BCUT2D eigenvalue weighted by molar-refractivity contribution is 6.35. The SMILES string of the molecule is [B]c1ccccc1NCC. The van der Waals surface area contributed by atoms with E-state index < -0.39 is 0 Å². The summed E-state index contributed by atoms with van der Waals surface area (Å²) < 4.78 is 0. The van der Waals surface area contributed by atoms with Crippen molar-refractivity contribution in [2.45, 2.75) is 6.92 Å². The molecule has 1 rings (SSSR count). The normalized spacial score (nSPS) is 9.30. The van der Waals surface area contributed by atoms with Crippen LogP contribution in [0.1, 0.15) is 6.92 Å². The minimum absolute atomic E-state index is 0.810. The molecular formula is C8H10BN. The fourth-order valence-corrected chi connectivity index (χ4v) is 0.848. The zero-order valence-electron chi connectivity index (χ0n) is 6.09. The van der Waals surface area contributed by atoms with Gasteiger partial charge in [0.2, 0.25) is 0 Å². The molecule has 1 aromatic carbocycles. The van der Waals surface area contributed by atoms with Crippen molar-refractivity contribution < 1.29 is 0 Å². The molecule has 10 heavy (non-hydrogen) atoms. The van der Waals surface area contributed by atoms with Crippen molar-refractivity contribution in [2.75, 3.05) is 11.9 Å². The maximum absolute atomic E-state index is 5.64. The molecule has 2 heteroatoms. The molecule has 0 aliphatic rings. The monoisotopic (exact) mass is 131 g/mol. The first-order valence-corrected chi connectivity index (χ1v) is 3.43. The standard InChI is InChI=1S/C8H10BN/c1-2-10-8-6-4-3-5-7(8)9/h3-6,10H,2H2,1H3. The van der Waals surface area contributed by atoms with Gasteiger partial charge in [0.25, 0.3) is 0 Å². The summed E-state index contributed by atoms with van der Waals surface area (Å²) >= 11 is 0. The summed E-state index contributed by atoms with van der Waals surface area (Å²) in [5, 5.41) is 3.15. The van der Waals surface area contributed by atoms with Crippen LogP contribution in [0, 0.1) is 0 Å². The zero-order valence-corrected chi connectivity index (χ0v) is 6.09. The van der Waals surface area contributed by atoms with Crippen LogP contribution >= 0.6 is 0 Å². The minimum atomic E-state index is 0.810. The quantitative estimate of drug-likeness (QED) is 0.588. The first-order chi connectivity index (χ1) is 4.84. The molecule has 0 fully saturated rings. The molecule has 0 atom stereocenters. The molecule has 0 unspecified atom stereocenters. The van der Waals surface area contributed by atoms with Gasteiger partial charge in [-0.1, -0.05) is 23.7 Å². The predicted molar refractivity (Wildman–Crippen MR) is 46.0 cm³/mol. The van der Waals surface area contributed by atoms with Gasteiger partial charge in [0, 0.05) is 12.2 Å². The molecule has 0 saturated heterocycles. The van der Waals surface area contributed by atoms with Crippen molar-refractivity contribution in [3.63, 3.8) is 0 Å². The molecular weight excluding hydrogens is 121 g/mol. The van der Waals surface area contributed by atoms with E-state index in [1.807, 2.05) is 31.2 Å². The van der Waals surface area contributed by atoms with Gasteiger partial charge in [0.15, 0.2) is 0 Å². The summed E-state index contributed by atoms with van der Waals surface area (Å²) in [6, 6.07) is 7.75. The van der Waals surface area contributed by atoms with E-state index in [2.05, 4.69) is 5.32 Å². The maximum atomic E-state index is 5.64. The Hall–Kier alpha value is -0.915. The van der Waals surface area contributed by atoms with E-state index in [-0.39, 0.29) is 0 Å². The van der Waals surface area contributed by atoms with E-state index in [9.17, 15) is 0 Å². The first-order valence-electron chi connectivity index (χ1n) is 3.43. The fraction of sp³-hybridized carbons (Fsp3) is 0.250. The Morgan fingerprint density at radius 3 is 2.70 bits per heavy atom. The molecule has 0 bridgehead atoms. The van der Waals surface area contributed by atoms with Gasteiger partial charge >= 0.3 is 0 Å². The first kappa shape index (κ1) is 7.20. The molecule has 0 spiro atoms. The number of para-hydroxylation sites is 1. The predicted octanol–water partition coefficient (Wildman–Crippen LogP) is 0.912. The lowest BCUT2D eigenvalue weighted by atomic mass is 9.94. The Morgan fingerprint density at radius 2 is 2.10 bits per heavy atom. The van der Waals surface area contributed by atoms with Crippen molar-refractivity contribution in [2.24, 2.45) is 0 Å². The number of rotatable bonds is 2. The van der Waals surface area contributed by atoms with Crippen LogP contribution in [0.2, 0.25) is 0 Å². The van der Waals surface area contributed by atoms with Crippen LogP contribution in [-0.4, -0.2) is 14.4 Å². The Balaban J connectivity index is 2.81. The van der Waals surface area contributed by atoms with E-state index in [0.717, 1.165) is 17.7 Å². The molecule has 0 aliphatic carbocycles. The lowest BCUT2D eigenvalue weighted by Crippen LogP contribution is -2.10. The second kappa shape index (κ2) is 3.30. The molecule has 1 aromatic rings. The molecule has 2 radical (unpaired) electrons. The van der Waals surface area contributed by atoms with Gasteiger partial charge in [-0.15, -0.1) is 0 Å². The number of anilines is 1. The van der Waals surface area contributed by atoms with E-state index in [4.69, 9.17) is 7.85 Å². The van der Waals surface area contributed by atoms with Gasteiger partial charge in [-0.25, -0.2) is 0 Å². The average Bonchev–Trinajstić information content (AvgIpc) is 1.94. The summed E-state index contributed by atoms with van der Waals surface area (Å²) in [5.74, 6) is 0. The van der Waals surface area contributed by atoms with E-state index in [0.29, 0.717) is 0 Å². The third-order valence-corrected chi connectivity index (χ3v) is 1.33. The van der Waals surface area contributed by atoms with Crippen molar-refractivity contribution in [1.29, 1.82) is 0 Å².